The Hall–Kier alpha value is -0.0300. The molecule has 1 aromatic heterocycles. The molecule has 0 unspecified atom stereocenters. The molecule has 0 amide bonds. The first kappa shape index (κ1) is 11.0. The number of nitrogens with zero attached hydrogens (tertiary/aromatic N) is 1. The van der Waals surface area contributed by atoms with Crippen molar-refractivity contribution in [3.8, 4) is 0 Å². The van der Waals surface area contributed by atoms with Crippen molar-refractivity contribution in [1.29, 1.82) is 0 Å². The third-order valence-corrected chi connectivity index (χ3v) is 3.23. The molecular weight excluding hydrogens is 293 g/mol. The van der Waals surface area contributed by atoms with E-state index in [1.54, 1.807) is 11.8 Å². The van der Waals surface area contributed by atoms with Crippen molar-refractivity contribution in [3.63, 3.8) is 0 Å². The Kier molecular flexibility index (Phi) is 5.46. The van der Waals surface area contributed by atoms with Gasteiger partial charge >= 0.3 is 0 Å². The second kappa shape index (κ2) is 6.43. The van der Waals surface area contributed by atoms with Crippen molar-refractivity contribution < 1.29 is 0 Å². The van der Waals surface area contributed by atoms with Crippen molar-refractivity contribution in [2.45, 2.75) is 13.3 Å². The molecule has 0 aromatic carbocycles. The molecule has 0 aliphatic heterocycles. The van der Waals surface area contributed by atoms with Gasteiger partial charge in [-0.3, -0.25) is 4.98 Å². The van der Waals surface area contributed by atoms with E-state index >= 15 is 0 Å². The van der Waals surface area contributed by atoms with E-state index in [0.29, 0.717) is 0 Å². The largest absolute Gasteiger partial charge is 0.257 e. The van der Waals surface area contributed by atoms with E-state index in [4.69, 9.17) is 0 Å². The zero-order valence-electron chi connectivity index (χ0n) is 7.53. The highest BCUT2D eigenvalue weighted by Gasteiger charge is 1.95. The SMILES string of the molecule is CCc1cccnc1/C=C/SCI. The monoisotopic (exact) mass is 305 g/mol. The molecule has 0 aliphatic carbocycles. The van der Waals surface area contributed by atoms with Crippen LogP contribution in [0.25, 0.3) is 6.08 Å². The van der Waals surface area contributed by atoms with Crippen LogP contribution in [0.2, 0.25) is 0 Å². The smallest absolute Gasteiger partial charge is 0.0666 e. The van der Waals surface area contributed by atoms with E-state index in [1.165, 1.54) is 5.56 Å². The normalized spacial score (nSPS) is 10.9. The summed E-state index contributed by atoms with van der Waals surface area (Å²) in [6.07, 6.45) is 4.97. The van der Waals surface area contributed by atoms with Gasteiger partial charge in [0.15, 0.2) is 0 Å². The fourth-order valence-corrected chi connectivity index (χ4v) is 1.97. The molecule has 0 radical (unpaired) electrons. The third kappa shape index (κ3) is 3.68. The first-order valence-electron chi connectivity index (χ1n) is 4.16. The van der Waals surface area contributed by atoms with E-state index in [9.17, 15) is 0 Å². The van der Waals surface area contributed by atoms with E-state index in [-0.39, 0.29) is 0 Å². The minimum absolute atomic E-state index is 1.04. The van der Waals surface area contributed by atoms with Crippen LogP contribution in [0.15, 0.2) is 23.7 Å². The van der Waals surface area contributed by atoms with Crippen LogP contribution in [-0.4, -0.2) is 8.74 Å². The summed E-state index contributed by atoms with van der Waals surface area (Å²) < 4.78 is 1.09. The molecule has 1 nitrogen and oxygen atoms in total. The van der Waals surface area contributed by atoms with Gasteiger partial charge in [0.1, 0.15) is 0 Å². The molecule has 0 bridgehead atoms. The van der Waals surface area contributed by atoms with Crippen LogP contribution in [0.1, 0.15) is 18.2 Å². The average molecular weight is 305 g/mol. The van der Waals surface area contributed by atoms with Crippen LogP contribution in [0.4, 0.5) is 0 Å². The molecule has 0 saturated carbocycles. The Morgan fingerprint density at radius 2 is 2.46 bits per heavy atom. The van der Waals surface area contributed by atoms with Crippen molar-refractivity contribution >= 4 is 40.4 Å². The van der Waals surface area contributed by atoms with Crippen LogP contribution in [0.3, 0.4) is 0 Å². The maximum atomic E-state index is 4.32. The summed E-state index contributed by atoms with van der Waals surface area (Å²) in [7, 11) is 0. The lowest BCUT2D eigenvalue weighted by atomic mass is 10.1. The lowest BCUT2D eigenvalue weighted by Gasteiger charge is -1.99. The highest BCUT2D eigenvalue weighted by Crippen LogP contribution is 2.12. The molecule has 0 fully saturated rings. The molecule has 0 N–H and O–H groups in total. The second-order valence-electron chi connectivity index (χ2n) is 2.48. The lowest BCUT2D eigenvalue weighted by molar-refractivity contribution is 1.09. The Bertz CT molecular complexity index is 286. The summed E-state index contributed by atoms with van der Waals surface area (Å²) in [6, 6.07) is 4.11. The minimum Gasteiger partial charge on any atom is -0.257 e. The van der Waals surface area contributed by atoms with Gasteiger partial charge in [-0.1, -0.05) is 35.6 Å². The number of hydrogen-bond acceptors (Lipinski definition) is 2. The van der Waals surface area contributed by atoms with E-state index in [2.05, 4.69) is 52.0 Å². The van der Waals surface area contributed by atoms with Gasteiger partial charge < -0.3 is 0 Å². The Morgan fingerprint density at radius 1 is 1.62 bits per heavy atom. The molecule has 70 valence electrons. The number of pyridine rings is 1. The Labute approximate surface area is 97.2 Å². The van der Waals surface area contributed by atoms with Crippen LogP contribution < -0.4 is 0 Å². The highest BCUT2D eigenvalue weighted by molar-refractivity contribution is 14.1. The summed E-state index contributed by atoms with van der Waals surface area (Å²) >= 11 is 4.13. The highest BCUT2D eigenvalue weighted by atomic mass is 127. The first-order chi connectivity index (χ1) is 6.38. The van der Waals surface area contributed by atoms with Crippen LogP contribution in [0.5, 0.6) is 0 Å². The van der Waals surface area contributed by atoms with Gasteiger partial charge in [-0.05, 0) is 29.5 Å². The number of aryl methyl sites for hydroxylation is 1. The molecular formula is C10H12INS. The number of hydrogen-bond donors (Lipinski definition) is 0. The molecule has 13 heavy (non-hydrogen) atoms. The summed E-state index contributed by atoms with van der Waals surface area (Å²) in [5.41, 5.74) is 2.41. The number of aromatic nitrogens is 1. The van der Waals surface area contributed by atoms with Gasteiger partial charge in [0, 0.05) is 9.96 Å². The summed E-state index contributed by atoms with van der Waals surface area (Å²) in [6.45, 7) is 2.15. The number of alkyl halides is 1. The number of thioether (sulfide) groups is 1. The molecule has 1 rings (SSSR count). The Morgan fingerprint density at radius 3 is 3.15 bits per heavy atom. The van der Waals surface area contributed by atoms with Gasteiger partial charge in [0.25, 0.3) is 0 Å². The molecule has 0 spiro atoms. The first-order valence-corrected chi connectivity index (χ1v) is 6.74. The average Bonchev–Trinajstić information content (AvgIpc) is 2.19. The number of rotatable bonds is 4. The van der Waals surface area contributed by atoms with Gasteiger partial charge in [-0.15, -0.1) is 11.8 Å². The molecule has 1 aromatic rings. The Balaban J connectivity index is 2.74. The van der Waals surface area contributed by atoms with Crippen LogP contribution >= 0.6 is 34.4 Å². The van der Waals surface area contributed by atoms with Crippen molar-refractivity contribution in [2.75, 3.05) is 3.76 Å². The summed E-state index contributed by atoms with van der Waals surface area (Å²) in [5.74, 6) is 0. The fourth-order valence-electron chi connectivity index (χ4n) is 1.05. The van der Waals surface area contributed by atoms with E-state index in [1.807, 2.05) is 12.3 Å². The van der Waals surface area contributed by atoms with E-state index < -0.39 is 0 Å². The van der Waals surface area contributed by atoms with Gasteiger partial charge in [-0.25, -0.2) is 0 Å². The molecule has 0 saturated heterocycles. The number of halogens is 1. The quantitative estimate of drug-likeness (QED) is 0.621. The second-order valence-corrected chi connectivity index (χ2v) is 5.17. The zero-order chi connectivity index (χ0) is 9.52. The standard InChI is InChI=1S/C10H12INS/c1-2-9-4-3-6-12-10(9)5-7-13-8-11/h3-7H,2,8H2,1H3/b7-5+. The van der Waals surface area contributed by atoms with Gasteiger partial charge in [0.05, 0.1) is 5.69 Å². The molecule has 1 heterocycles. The fraction of sp³-hybridized carbons (Fsp3) is 0.300. The molecule has 0 aliphatic rings. The van der Waals surface area contributed by atoms with Gasteiger partial charge in [-0.2, -0.15) is 0 Å². The predicted octanol–water partition coefficient (Wildman–Crippen LogP) is 3.74. The van der Waals surface area contributed by atoms with Gasteiger partial charge in [0.2, 0.25) is 0 Å². The van der Waals surface area contributed by atoms with Crippen molar-refractivity contribution in [3.05, 3.63) is 35.0 Å². The maximum Gasteiger partial charge on any atom is 0.0666 e. The maximum absolute atomic E-state index is 4.32. The van der Waals surface area contributed by atoms with E-state index in [0.717, 1.165) is 15.9 Å². The van der Waals surface area contributed by atoms with Crippen LogP contribution in [-0.2, 0) is 6.42 Å². The van der Waals surface area contributed by atoms with Crippen molar-refractivity contribution in [1.82, 2.24) is 4.98 Å². The lowest BCUT2D eigenvalue weighted by Crippen LogP contribution is -1.88. The van der Waals surface area contributed by atoms with Crippen molar-refractivity contribution in [2.24, 2.45) is 0 Å². The topological polar surface area (TPSA) is 12.9 Å². The van der Waals surface area contributed by atoms with Crippen LogP contribution in [0, 0.1) is 0 Å². The predicted molar refractivity (Wildman–Crippen MR) is 69.1 cm³/mol. The molecule has 3 heteroatoms. The summed E-state index contributed by atoms with van der Waals surface area (Å²) in [5, 5.41) is 2.11. The molecule has 0 atom stereocenters. The minimum atomic E-state index is 1.04. The third-order valence-electron chi connectivity index (χ3n) is 1.69. The summed E-state index contributed by atoms with van der Waals surface area (Å²) in [4.78, 5) is 4.32. The zero-order valence-corrected chi connectivity index (χ0v) is 10.5.